The average Bonchev–Trinajstić information content (AvgIpc) is 3.27. The Bertz CT molecular complexity index is 1020. The number of hydrogen-bond acceptors (Lipinski definition) is 8. The summed E-state index contributed by atoms with van der Waals surface area (Å²) < 4.78 is 11.7. The highest BCUT2D eigenvalue weighted by molar-refractivity contribution is 7.09. The molecule has 0 spiro atoms. The first kappa shape index (κ1) is 30.0. The van der Waals surface area contributed by atoms with E-state index in [9.17, 15) is 19.8 Å². The van der Waals surface area contributed by atoms with Crippen LogP contribution in [0.4, 0.5) is 0 Å². The van der Waals surface area contributed by atoms with Crippen molar-refractivity contribution >= 4 is 40.8 Å². The monoisotopic (exact) mass is 553 g/mol. The third-order valence-corrected chi connectivity index (χ3v) is 9.05. The maximum atomic E-state index is 13.5. The summed E-state index contributed by atoms with van der Waals surface area (Å²) in [6, 6.07) is 0. The number of nitrogens with zero attached hydrogens (tertiary/aromatic N) is 1. The molecule has 1 aromatic heterocycles. The second kappa shape index (κ2) is 12.1. The first-order valence-corrected chi connectivity index (χ1v) is 14.2. The van der Waals surface area contributed by atoms with E-state index in [1.807, 2.05) is 32.2 Å². The minimum atomic E-state index is -1.29. The fraction of sp³-hybridized carbons (Fsp3) is 0.679. The third-order valence-electron chi connectivity index (χ3n) is 7.74. The zero-order chi connectivity index (χ0) is 27.5. The van der Waals surface area contributed by atoms with E-state index in [-0.39, 0.29) is 30.6 Å². The van der Waals surface area contributed by atoms with Gasteiger partial charge in [-0.2, -0.15) is 0 Å². The number of allylic oxidation sites excluding steroid dienone is 1. The van der Waals surface area contributed by atoms with E-state index in [0.717, 1.165) is 16.3 Å². The van der Waals surface area contributed by atoms with Crippen molar-refractivity contribution in [3.8, 4) is 0 Å². The fourth-order valence-corrected chi connectivity index (χ4v) is 5.92. The van der Waals surface area contributed by atoms with Crippen LogP contribution in [0.1, 0.15) is 76.9 Å². The summed E-state index contributed by atoms with van der Waals surface area (Å²) in [5.41, 5.74) is 0.306. The number of aliphatic hydroxyl groups excluding tert-OH is 2. The number of alkyl halides is 1. The van der Waals surface area contributed by atoms with Gasteiger partial charge < -0.3 is 19.7 Å². The predicted molar refractivity (Wildman–Crippen MR) is 145 cm³/mol. The first-order chi connectivity index (χ1) is 17.3. The number of hydrogen-bond donors (Lipinski definition) is 2. The second-order valence-corrected chi connectivity index (χ2v) is 12.8. The highest BCUT2D eigenvalue weighted by Crippen LogP contribution is 2.48. The van der Waals surface area contributed by atoms with E-state index < -0.39 is 40.7 Å². The van der Waals surface area contributed by atoms with Crippen molar-refractivity contribution < 1.29 is 29.3 Å². The van der Waals surface area contributed by atoms with Gasteiger partial charge in [-0.25, -0.2) is 4.98 Å². The highest BCUT2D eigenvalue weighted by atomic mass is 35.5. The van der Waals surface area contributed by atoms with Crippen LogP contribution in [-0.2, 0) is 19.1 Å². The van der Waals surface area contributed by atoms with Gasteiger partial charge in [-0.15, -0.1) is 17.9 Å². The lowest BCUT2D eigenvalue weighted by Crippen LogP contribution is -2.46. The highest BCUT2D eigenvalue weighted by Gasteiger charge is 2.55. The van der Waals surface area contributed by atoms with Crippen LogP contribution in [0.3, 0.4) is 0 Å². The van der Waals surface area contributed by atoms with Crippen LogP contribution >= 0.6 is 22.9 Å². The van der Waals surface area contributed by atoms with Crippen LogP contribution in [0.25, 0.3) is 6.08 Å². The summed E-state index contributed by atoms with van der Waals surface area (Å²) in [6.07, 6.45) is 2.61. The number of aromatic nitrogens is 1. The van der Waals surface area contributed by atoms with Crippen molar-refractivity contribution in [3.63, 3.8) is 0 Å². The van der Waals surface area contributed by atoms with Crippen molar-refractivity contribution in [1.29, 1.82) is 0 Å². The van der Waals surface area contributed by atoms with Crippen LogP contribution in [-0.4, -0.2) is 56.4 Å². The van der Waals surface area contributed by atoms with E-state index in [0.29, 0.717) is 25.7 Å². The summed E-state index contributed by atoms with van der Waals surface area (Å²) in [7, 11) is 0. The molecular weight excluding hydrogens is 514 g/mol. The van der Waals surface area contributed by atoms with Gasteiger partial charge in [-0.3, -0.25) is 9.59 Å². The molecule has 206 valence electrons. The number of epoxide rings is 1. The molecule has 9 heteroatoms. The molecule has 2 N–H and O–H groups in total. The molecule has 2 saturated heterocycles. The molecule has 7 atom stereocenters. The summed E-state index contributed by atoms with van der Waals surface area (Å²) in [6.45, 7) is 12.7. The molecule has 0 aromatic carbocycles. The number of fused-ring (bicyclic) bond motifs is 1. The van der Waals surface area contributed by atoms with Crippen molar-refractivity contribution in [3.05, 3.63) is 34.3 Å². The van der Waals surface area contributed by atoms with Crippen LogP contribution in [0.2, 0.25) is 0 Å². The van der Waals surface area contributed by atoms with E-state index in [2.05, 4.69) is 11.6 Å². The maximum Gasteiger partial charge on any atom is 0.309 e. The molecule has 0 radical (unpaired) electrons. The van der Waals surface area contributed by atoms with Gasteiger partial charge in [0.2, 0.25) is 0 Å². The van der Waals surface area contributed by atoms with E-state index >= 15 is 0 Å². The Kier molecular flexibility index (Phi) is 9.78. The molecule has 0 saturated carbocycles. The SMILES string of the molecule is C=CC[C@H]1C(=O)C(C)(C)[C@@H](O)CC(=O)O[C@H](C(C)=Cc2csc(C)n2)C[C@@H]2O[C@]2(Cl)CCC[C@H](C)[C@@H]1O. The lowest BCUT2D eigenvalue weighted by Gasteiger charge is -2.35. The Balaban J connectivity index is 1.88. The van der Waals surface area contributed by atoms with Gasteiger partial charge in [0.15, 0.2) is 5.06 Å². The Morgan fingerprint density at radius 3 is 2.68 bits per heavy atom. The van der Waals surface area contributed by atoms with Crippen molar-refractivity contribution in [2.24, 2.45) is 17.3 Å². The minimum Gasteiger partial charge on any atom is -0.458 e. The normalized spacial score (nSPS) is 35.9. The summed E-state index contributed by atoms with van der Waals surface area (Å²) in [5, 5.41) is 24.1. The zero-order valence-corrected chi connectivity index (χ0v) is 24.0. The predicted octanol–water partition coefficient (Wildman–Crippen LogP) is 5.21. The number of ether oxygens (including phenoxy) is 2. The van der Waals surface area contributed by atoms with Gasteiger partial charge in [0, 0.05) is 17.7 Å². The molecule has 2 fully saturated rings. The number of aliphatic hydroxyl groups is 2. The summed E-state index contributed by atoms with van der Waals surface area (Å²) >= 11 is 8.26. The number of ketones is 1. The number of rotatable bonds is 4. The number of esters is 1. The molecule has 3 rings (SSSR count). The molecule has 0 unspecified atom stereocenters. The van der Waals surface area contributed by atoms with Gasteiger partial charge in [0.05, 0.1) is 34.7 Å². The van der Waals surface area contributed by atoms with E-state index in [1.165, 1.54) is 11.3 Å². The molecule has 0 bridgehead atoms. The molecule has 7 nitrogen and oxygen atoms in total. The van der Waals surface area contributed by atoms with Gasteiger partial charge >= 0.3 is 5.97 Å². The quantitative estimate of drug-likeness (QED) is 0.228. The molecule has 0 aliphatic carbocycles. The van der Waals surface area contributed by atoms with Crippen molar-refractivity contribution in [2.45, 2.75) is 103 Å². The number of carbonyl (C=O) groups is 2. The standard InChI is InChI=1S/C28H40ClNO6S/c1-7-9-20-25(33)16(2)10-8-11-28(29)23(36-28)13-21(17(3)12-19-15-37-18(4)30-19)35-24(32)14-22(31)27(5,6)26(20)34/h7,12,15-16,20-23,25,31,33H,1,8-11,13-14H2,2-6H3/t16-,20+,21-,22-,23-,25-,28+/m0/s1. The van der Waals surface area contributed by atoms with Gasteiger partial charge in [0.1, 0.15) is 18.0 Å². The van der Waals surface area contributed by atoms with Crippen LogP contribution in [0.15, 0.2) is 23.6 Å². The van der Waals surface area contributed by atoms with Gasteiger partial charge in [-0.05, 0) is 57.1 Å². The van der Waals surface area contributed by atoms with Crippen LogP contribution in [0.5, 0.6) is 0 Å². The zero-order valence-electron chi connectivity index (χ0n) is 22.4. The van der Waals surface area contributed by atoms with Crippen molar-refractivity contribution in [1.82, 2.24) is 4.98 Å². The van der Waals surface area contributed by atoms with Crippen LogP contribution in [0, 0.1) is 24.2 Å². The molecule has 1 aromatic rings. The minimum absolute atomic E-state index is 0.170. The van der Waals surface area contributed by atoms with E-state index in [4.69, 9.17) is 21.1 Å². The Labute approximate surface area is 228 Å². The number of thiazole rings is 1. The summed E-state index contributed by atoms with van der Waals surface area (Å²) in [4.78, 5) is 31.0. The maximum absolute atomic E-state index is 13.5. The lowest BCUT2D eigenvalue weighted by atomic mass is 9.71. The number of carbonyl (C=O) groups excluding carboxylic acids is 2. The fourth-order valence-electron chi connectivity index (χ4n) is 5.02. The lowest BCUT2D eigenvalue weighted by molar-refractivity contribution is -0.154. The Morgan fingerprint density at radius 1 is 1.35 bits per heavy atom. The van der Waals surface area contributed by atoms with Gasteiger partial charge in [-0.1, -0.05) is 38.4 Å². The third kappa shape index (κ3) is 7.30. The van der Waals surface area contributed by atoms with Crippen LogP contribution < -0.4 is 0 Å². The average molecular weight is 554 g/mol. The van der Waals surface area contributed by atoms with Gasteiger partial charge in [0.25, 0.3) is 0 Å². The number of halogens is 1. The molecule has 0 amide bonds. The summed E-state index contributed by atoms with van der Waals surface area (Å²) in [5.74, 6) is -1.83. The number of aryl methyl sites for hydroxylation is 1. The first-order valence-electron chi connectivity index (χ1n) is 13.0. The molecule has 3 heterocycles. The molecule has 2 aliphatic heterocycles. The topological polar surface area (TPSA) is 109 Å². The van der Waals surface area contributed by atoms with E-state index in [1.54, 1.807) is 19.9 Å². The largest absolute Gasteiger partial charge is 0.458 e. The second-order valence-electron chi connectivity index (χ2n) is 11.1. The Hall–Kier alpha value is -1.58. The smallest absolute Gasteiger partial charge is 0.309 e. The number of Topliss-reactive ketones (excluding diaryl/α,β-unsaturated/α-hetero) is 1. The number of cyclic esters (lactones) is 1. The molecule has 37 heavy (non-hydrogen) atoms. The molecular formula is C28H40ClNO6S. The Morgan fingerprint density at radius 2 is 2.05 bits per heavy atom. The molecule has 2 aliphatic rings. The van der Waals surface area contributed by atoms with Crippen molar-refractivity contribution in [2.75, 3.05) is 0 Å².